The third-order valence-electron chi connectivity index (χ3n) is 3.78. The van der Waals surface area contributed by atoms with Crippen molar-refractivity contribution in [3.8, 4) is 11.4 Å². The normalized spacial score (nSPS) is 16.6. The van der Waals surface area contributed by atoms with E-state index in [1.807, 2.05) is 30.5 Å². The van der Waals surface area contributed by atoms with Gasteiger partial charge in [-0.05, 0) is 43.1 Å². The molecule has 1 aromatic carbocycles. The summed E-state index contributed by atoms with van der Waals surface area (Å²) in [5, 5.41) is 12.3. The van der Waals surface area contributed by atoms with E-state index < -0.39 is 0 Å². The minimum absolute atomic E-state index is 0.497. The molecule has 0 radical (unpaired) electrons. The lowest BCUT2D eigenvalue weighted by Gasteiger charge is -2.16. The monoisotopic (exact) mass is 320 g/mol. The molecule has 1 aromatic heterocycles. The molecule has 21 heavy (non-hydrogen) atoms. The second kappa shape index (κ2) is 6.54. The minimum Gasteiger partial charge on any atom is -0.250 e. The molecule has 1 aliphatic rings. The lowest BCUT2D eigenvalue weighted by Crippen LogP contribution is -2.08. The second-order valence-corrected chi connectivity index (χ2v) is 6.16. The van der Waals surface area contributed by atoms with Gasteiger partial charge in [0.15, 0.2) is 5.82 Å². The third-order valence-corrected chi connectivity index (χ3v) is 4.28. The van der Waals surface area contributed by atoms with Crippen LogP contribution in [0.2, 0.25) is 5.02 Å². The highest BCUT2D eigenvalue weighted by Gasteiger charge is 2.12. The van der Waals surface area contributed by atoms with Crippen LogP contribution in [0.1, 0.15) is 32.1 Å². The molecule has 0 aliphatic heterocycles. The van der Waals surface area contributed by atoms with E-state index in [0.29, 0.717) is 21.5 Å². The van der Waals surface area contributed by atoms with Crippen molar-refractivity contribution in [2.24, 2.45) is 11.0 Å². The lowest BCUT2D eigenvalue weighted by molar-refractivity contribution is 0.443. The van der Waals surface area contributed by atoms with Crippen LogP contribution in [0.15, 0.2) is 29.4 Å². The van der Waals surface area contributed by atoms with Gasteiger partial charge in [0.2, 0.25) is 4.77 Å². The van der Waals surface area contributed by atoms with Crippen LogP contribution in [0.3, 0.4) is 0 Å². The van der Waals surface area contributed by atoms with Crippen LogP contribution in [0.4, 0.5) is 0 Å². The molecule has 0 spiro atoms. The molecule has 1 N–H and O–H groups in total. The van der Waals surface area contributed by atoms with Gasteiger partial charge in [-0.3, -0.25) is 0 Å². The van der Waals surface area contributed by atoms with E-state index >= 15 is 0 Å². The van der Waals surface area contributed by atoms with Gasteiger partial charge >= 0.3 is 0 Å². The summed E-state index contributed by atoms with van der Waals surface area (Å²) in [5.41, 5.74) is 0.899. The molecule has 3 rings (SSSR count). The number of halogens is 1. The number of nitrogens with zero attached hydrogens (tertiary/aromatic N) is 3. The minimum atomic E-state index is 0.497. The molecule has 110 valence electrons. The summed E-state index contributed by atoms with van der Waals surface area (Å²) in [5.74, 6) is 1.23. The molecule has 1 saturated carbocycles. The second-order valence-electron chi connectivity index (χ2n) is 5.34. The lowest BCUT2D eigenvalue weighted by atomic mass is 9.90. The fourth-order valence-corrected chi connectivity index (χ4v) is 3.03. The Hall–Kier alpha value is -1.46. The molecule has 0 amide bonds. The van der Waals surface area contributed by atoms with E-state index in [1.54, 1.807) is 4.68 Å². The van der Waals surface area contributed by atoms with Crippen molar-refractivity contribution >= 4 is 30.0 Å². The van der Waals surface area contributed by atoms with Crippen molar-refractivity contribution in [3.05, 3.63) is 34.1 Å². The molecule has 1 heterocycles. The summed E-state index contributed by atoms with van der Waals surface area (Å²) >= 11 is 11.3. The van der Waals surface area contributed by atoms with Crippen molar-refractivity contribution in [2.45, 2.75) is 32.1 Å². The molecular weight excluding hydrogens is 304 g/mol. The summed E-state index contributed by atoms with van der Waals surface area (Å²) in [6.45, 7) is 0. The highest BCUT2D eigenvalue weighted by molar-refractivity contribution is 7.71. The molecular formula is C15H17ClN4S. The van der Waals surface area contributed by atoms with Crippen molar-refractivity contribution in [1.29, 1.82) is 0 Å². The van der Waals surface area contributed by atoms with Crippen molar-refractivity contribution in [3.63, 3.8) is 0 Å². The Balaban J connectivity index is 1.90. The van der Waals surface area contributed by atoms with Gasteiger partial charge in [-0.1, -0.05) is 43.0 Å². The zero-order chi connectivity index (χ0) is 14.7. The molecule has 1 fully saturated rings. The van der Waals surface area contributed by atoms with Gasteiger partial charge in [-0.25, -0.2) is 5.10 Å². The first kappa shape index (κ1) is 14.5. The van der Waals surface area contributed by atoms with Crippen LogP contribution < -0.4 is 0 Å². The van der Waals surface area contributed by atoms with E-state index in [0.717, 1.165) is 5.56 Å². The number of nitrogens with one attached hydrogen (secondary N) is 1. The maximum absolute atomic E-state index is 6.04. The Bertz CT molecular complexity index is 698. The molecule has 0 bridgehead atoms. The first-order valence-corrected chi connectivity index (χ1v) is 8.00. The number of aromatic amines is 1. The largest absolute Gasteiger partial charge is 0.250 e. The Morgan fingerprint density at radius 1 is 1.33 bits per heavy atom. The standard InChI is InChI=1S/C15H17ClN4S/c16-13-8-4-7-12(9-13)14-18-19-15(21)20(14)17-10-11-5-2-1-3-6-11/h4,7-11H,1-3,5-6H2,(H,19,21)/b17-10-. The number of H-pyrrole nitrogens is 1. The number of hydrogen-bond donors (Lipinski definition) is 1. The SMILES string of the molecule is S=c1[nH]nc(-c2cccc(Cl)c2)n1/N=C\C1CCCCC1. The highest BCUT2D eigenvalue weighted by atomic mass is 35.5. The summed E-state index contributed by atoms with van der Waals surface area (Å²) in [6.07, 6.45) is 8.34. The van der Waals surface area contributed by atoms with Crippen LogP contribution in [0.25, 0.3) is 11.4 Å². The van der Waals surface area contributed by atoms with Crippen LogP contribution in [-0.2, 0) is 0 Å². The van der Waals surface area contributed by atoms with E-state index in [-0.39, 0.29) is 0 Å². The first-order chi connectivity index (χ1) is 10.2. The predicted molar refractivity (Wildman–Crippen MR) is 88.3 cm³/mol. The predicted octanol–water partition coefficient (Wildman–Crippen LogP) is 4.68. The number of benzene rings is 1. The third kappa shape index (κ3) is 3.41. The summed E-state index contributed by atoms with van der Waals surface area (Å²) in [7, 11) is 0. The summed E-state index contributed by atoms with van der Waals surface area (Å²) in [6, 6.07) is 7.54. The van der Waals surface area contributed by atoms with Crippen LogP contribution in [0, 0.1) is 10.7 Å². The fraction of sp³-hybridized carbons (Fsp3) is 0.400. The van der Waals surface area contributed by atoms with Crippen LogP contribution in [0.5, 0.6) is 0 Å². The average Bonchev–Trinajstić information content (AvgIpc) is 2.87. The maximum atomic E-state index is 6.04. The Kier molecular flexibility index (Phi) is 4.51. The van der Waals surface area contributed by atoms with Gasteiger partial charge in [0.1, 0.15) is 0 Å². The van der Waals surface area contributed by atoms with Gasteiger partial charge in [0.25, 0.3) is 0 Å². The van der Waals surface area contributed by atoms with Crippen LogP contribution in [-0.4, -0.2) is 21.1 Å². The Labute approximate surface area is 133 Å². The topological polar surface area (TPSA) is 46.0 Å². The summed E-state index contributed by atoms with van der Waals surface area (Å²) < 4.78 is 2.17. The van der Waals surface area contributed by atoms with E-state index in [2.05, 4.69) is 15.3 Å². The molecule has 4 nitrogen and oxygen atoms in total. The van der Waals surface area contributed by atoms with Gasteiger partial charge in [-0.15, -0.1) is 0 Å². The van der Waals surface area contributed by atoms with Gasteiger partial charge in [-0.2, -0.15) is 14.9 Å². The number of hydrogen-bond acceptors (Lipinski definition) is 3. The highest BCUT2D eigenvalue weighted by Crippen LogP contribution is 2.23. The van der Waals surface area contributed by atoms with Crippen LogP contribution >= 0.6 is 23.8 Å². The van der Waals surface area contributed by atoms with E-state index in [4.69, 9.17) is 23.8 Å². The van der Waals surface area contributed by atoms with Crippen molar-refractivity contribution < 1.29 is 0 Å². The molecule has 6 heteroatoms. The quantitative estimate of drug-likeness (QED) is 0.659. The first-order valence-electron chi connectivity index (χ1n) is 7.22. The molecule has 0 unspecified atom stereocenters. The van der Waals surface area contributed by atoms with Gasteiger partial charge in [0, 0.05) is 16.8 Å². The Morgan fingerprint density at radius 3 is 2.90 bits per heavy atom. The van der Waals surface area contributed by atoms with E-state index in [9.17, 15) is 0 Å². The smallest absolute Gasteiger partial charge is 0.216 e. The molecule has 0 atom stereocenters. The zero-order valence-electron chi connectivity index (χ0n) is 11.6. The maximum Gasteiger partial charge on any atom is 0.216 e. The molecule has 1 aliphatic carbocycles. The van der Waals surface area contributed by atoms with Crippen molar-refractivity contribution in [2.75, 3.05) is 0 Å². The molecule has 2 aromatic rings. The average molecular weight is 321 g/mol. The summed E-state index contributed by atoms with van der Waals surface area (Å²) in [4.78, 5) is 0. The fourth-order valence-electron chi connectivity index (χ4n) is 2.66. The van der Waals surface area contributed by atoms with Gasteiger partial charge in [0.05, 0.1) is 0 Å². The number of rotatable bonds is 3. The van der Waals surface area contributed by atoms with E-state index in [1.165, 1.54) is 32.1 Å². The number of aromatic nitrogens is 3. The van der Waals surface area contributed by atoms with Gasteiger partial charge < -0.3 is 0 Å². The van der Waals surface area contributed by atoms with Crippen molar-refractivity contribution in [1.82, 2.24) is 14.9 Å². The Morgan fingerprint density at radius 2 is 2.14 bits per heavy atom. The molecule has 0 saturated heterocycles. The zero-order valence-corrected chi connectivity index (χ0v) is 13.2.